The number of carbonyl (C=O) groups excluding carboxylic acids is 2. The molecule has 0 aliphatic carbocycles. The Hall–Kier alpha value is -2.34. The lowest BCUT2D eigenvalue weighted by Crippen LogP contribution is -2.33. The third-order valence-corrected chi connectivity index (χ3v) is 4.09. The zero-order valence-corrected chi connectivity index (χ0v) is 14.9. The lowest BCUT2D eigenvalue weighted by atomic mass is 10.1. The monoisotopic (exact) mass is 390 g/mol. The summed E-state index contributed by atoms with van der Waals surface area (Å²) in [6.07, 6.45) is 0.941. The number of halogens is 1. The average Bonchev–Trinajstić information content (AvgIpc) is 2.60. The number of ether oxygens (including phenoxy) is 1. The molecule has 0 saturated heterocycles. The number of anilines is 1. The van der Waals surface area contributed by atoms with Crippen molar-refractivity contribution in [1.82, 2.24) is 5.32 Å². The Morgan fingerprint density at radius 2 is 1.75 bits per heavy atom. The molecule has 0 fully saturated rings. The number of benzene rings is 2. The van der Waals surface area contributed by atoms with Gasteiger partial charge in [-0.05, 0) is 52.2 Å². The van der Waals surface area contributed by atoms with Crippen LogP contribution in [0.3, 0.4) is 0 Å². The molecule has 126 valence electrons. The largest absolute Gasteiger partial charge is 0.497 e. The second-order valence-electron chi connectivity index (χ2n) is 5.15. The maximum atomic E-state index is 11.9. The number of rotatable bonds is 7. The number of hydrogen-bond acceptors (Lipinski definition) is 3. The van der Waals surface area contributed by atoms with Gasteiger partial charge in [0.05, 0.1) is 19.3 Å². The molecule has 24 heavy (non-hydrogen) atoms. The molecule has 6 heteroatoms. The summed E-state index contributed by atoms with van der Waals surface area (Å²) in [6, 6.07) is 14.9. The van der Waals surface area contributed by atoms with E-state index in [-0.39, 0.29) is 18.4 Å². The molecule has 0 aliphatic heterocycles. The second-order valence-corrected chi connectivity index (χ2v) is 6.01. The van der Waals surface area contributed by atoms with Gasteiger partial charge in [0.1, 0.15) is 5.75 Å². The van der Waals surface area contributed by atoms with Crippen LogP contribution in [0, 0.1) is 0 Å². The summed E-state index contributed by atoms with van der Waals surface area (Å²) >= 11 is 3.35. The molecule has 0 bridgehead atoms. The van der Waals surface area contributed by atoms with Crippen LogP contribution in [0.1, 0.15) is 12.0 Å². The van der Waals surface area contributed by atoms with Crippen LogP contribution in [-0.2, 0) is 16.0 Å². The Morgan fingerprint density at radius 3 is 2.42 bits per heavy atom. The van der Waals surface area contributed by atoms with Gasteiger partial charge in [0.2, 0.25) is 11.8 Å². The van der Waals surface area contributed by atoms with Crippen LogP contribution in [0.5, 0.6) is 5.75 Å². The number of hydrogen-bond donors (Lipinski definition) is 2. The van der Waals surface area contributed by atoms with Crippen molar-refractivity contribution in [2.75, 3.05) is 19.0 Å². The Balaban J connectivity index is 1.72. The van der Waals surface area contributed by atoms with Crippen molar-refractivity contribution in [2.45, 2.75) is 12.8 Å². The smallest absolute Gasteiger partial charge is 0.243 e. The van der Waals surface area contributed by atoms with Gasteiger partial charge in [-0.2, -0.15) is 0 Å². The van der Waals surface area contributed by atoms with E-state index in [0.29, 0.717) is 18.5 Å². The van der Waals surface area contributed by atoms with Gasteiger partial charge in [0, 0.05) is 10.9 Å². The van der Waals surface area contributed by atoms with Crippen molar-refractivity contribution in [3.63, 3.8) is 0 Å². The van der Waals surface area contributed by atoms with Gasteiger partial charge in [0.25, 0.3) is 0 Å². The van der Waals surface area contributed by atoms with Gasteiger partial charge >= 0.3 is 0 Å². The van der Waals surface area contributed by atoms with Crippen molar-refractivity contribution in [3.05, 3.63) is 58.6 Å². The first kappa shape index (κ1) is 18.0. The summed E-state index contributed by atoms with van der Waals surface area (Å²) in [5.74, 6) is 0.361. The fourth-order valence-corrected chi connectivity index (χ4v) is 2.46. The van der Waals surface area contributed by atoms with Crippen LogP contribution in [0.2, 0.25) is 0 Å². The highest BCUT2D eigenvalue weighted by Gasteiger charge is 2.08. The van der Waals surface area contributed by atoms with Crippen molar-refractivity contribution >= 4 is 33.4 Å². The number of amides is 2. The first-order valence-electron chi connectivity index (χ1n) is 7.52. The first-order valence-corrected chi connectivity index (χ1v) is 8.32. The van der Waals surface area contributed by atoms with Gasteiger partial charge in [-0.25, -0.2) is 0 Å². The van der Waals surface area contributed by atoms with Gasteiger partial charge < -0.3 is 15.4 Å². The normalized spacial score (nSPS) is 10.1. The summed E-state index contributed by atoms with van der Waals surface area (Å²) in [4.78, 5) is 23.7. The number of carbonyl (C=O) groups is 2. The van der Waals surface area contributed by atoms with Crippen molar-refractivity contribution in [2.24, 2.45) is 0 Å². The molecule has 2 N–H and O–H groups in total. The predicted octanol–water partition coefficient (Wildman–Crippen LogP) is 3.15. The molecule has 0 aromatic heterocycles. The van der Waals surface area contributed by atoms with E-state index in [1.807, 2.05) is 42.5 Å². The first-order chi connectivity index (χ1) is 11.6. The van der Waals surface area contributed by atoms with Crippen molar-refractivity contribution in [1.29, 1.82) is 0 Å². The summed E-state index contributed by atoms with van der Waals surface area (Å²) in [5, 5.41) is 5.36. The average molecular weight is 391 g/mol. The summed E-state index contributed by atoms with van der Waals surface area (Å²) in [6.45, 7) is -0.0528. The molecular weight excluding hydrogens is 372 g/mol. The van der Waals surface area contributed by atoms with Crippen LogP contribution in [0.4, 0.5) is 5.69 Å². The van der Waals surface area contributed by atoms with Crippen LogP contribution >= 0.6 is 15.9 Å². The molecular formula is C18H19BrN2O3. The van der Waals surface area contributed by atoms with E-state index in [1.54, 1.807) is 13.2 Å². The van der Waals surface area contributed by atoms with E-state index in [1.165, 1.54) is 0 Å². The van der Waals surface area contributed by atoms with E-state index >= 15 is 0 Å². The van der Waals surface area contributed by atoms with Crippen molar-refractivity contribution < 1.29 is 14.3 Å². The van der Waals surface area contributed by atoms with E-state index in [4.69, 9.17) is 4.74 Å². The molecule has 0 spiro atoms. The predicted molar refractivity (Wildman–Crippen MR) is 97.1 cm³/mol. The Bertz CT molecular complexity index is 702. The SMILES string of the molecule is COc1ccc(CCC(=O)NCC(=O)Nc2ccccc2Br)cc1. The number of nitrogens with one attached hydrogen (secondary N) is 2. The van der Waals surface area contributed by atoms with Gasteiger partial charge in [-0.15, -0.1) is 0 Å². The highest BCUT2D eigenvalue weighted by molar-refractivity contribution is 9.10. The molecule has 2 aromatic carbocycles. The van der Waals surface area contributed by atoms with Crippen LogP contribution in [0.25, 0.3) is 0 Å². The minimum Gasteiger partial charge on any atom is -0.497 e. The zero-order chi connectivity index (χ0) is 17.4. The standard InChI is InChI=1S/C18H19BrN2O3/c1-24-14-9-6-13(7-10-14)8-11-17(22)20-12-18(23)21-16-5-3-2-4-15(16)19/h2-7,9-10H,8,11-12H2,1H3,(H,20,22)(H,21,23). The lowest BCUT2D eigenvalue weighted by molar-refractivity contribution is -0.124. The van der Waals surface area contributed by atoms with E-state index in [9.17, 15) is 9.59 Å². The zero-order valence-electron chi connectivity index (χ0n) is 13.3. The maximum absolute atomic E-state index is 11.9. The fraction of sp³-hybridized carbons (Fsp3) is 0.222. The van der Waals surface area contributed by atoms with Crippen LogP contribution in [0.15, 0.2) is 53.0 Å². The molecule has 2 amide bonds. The van der Waals surface area contributed by atoms with Gasteiger partial charge in [-0.1, -0.05) is 24.3 Å². The van der Waals surface area contributed by atoms with Crippen molar-refractivity contribution in [3.8, 4) is 5.75 Å². The van der Waals surface area contributed by atoms with Gasteiger partial charge in [0.15, 0.2) is 0 Å². The summed E-state index contributed by atoms with van der Waals surface area (Å²) in [7, 11) is 1.61. The summed E-state index contributed by atoms with van der Waals surface area (Å²) in [5.41, 5.74) is 1.72. The molecule has 0 atom stereocenters. The number of methoxy groups -OCH3 is 1. The van der Waals surface area contributed by atoms with Gasteiger partial charge in [-0.3, -0.25) is 9.59 Å². The molecule has 0 unspecified atom stereocenters. The minimum atomic E-state index is -0.264. The second kappa shape index (κ2) is 9.08. The quantitative estimate of drug-likeness (QED) is 0.762. The summed E-state index contributed by atoms with van der Waals surface area (Å²) < 4.78 is 5.89. The third-order valence-electron chi connectivity index (χ3n) is 3.39. The third kappa shape index (κ3) is 5.70. The molecule has 0 heterocycles. The Kier molecular flexibility index (Phi) is 6.81. The molecule has 5 nitrogen and oxygen atoms in total. The molecule has 0 saturated carbocycles. The molecule has 2 rings (SSSR count). The molecule has 0 aliphatic rings. The molecule has 2 aromatic rings. The lowest BCUT2D eigenvalue weighted by Gasteiger charge is -2.08. The topological polar surface area (TPSA) is 67.4 Å². The fourth-order valence-electron chi connectivity index (χ4n) is 2.07. The Morgan fingerprint density at radius 1 is 1.04 bits per heavy atom. The maximum Gasteiger partial charge on any atom is 0.243 e. The highest BCUT2D eigenvalue weighted by Crippen LogP contribution is 2.20. The molecule has 0 radical (unpaired) electrons. The minimum absolute atomic E-state index is 0.0528. The van der Waals surface area contributed by atoms with Crippen LogP contribution < -0.4 is 15.4 Å². The van der Waals surface area contributed by atoms with E-state index in [0.717, 1.165) is 15.8 Å². The number of para-hydroxylation sites is 1. The number of aryl methyl sites for hydroxylation is 1. The van der Waals surface area contributed by atoms with E-state index < -0.39 is 0 Å². The van der Waals surface area contributed by atoms with Crippen LogP contribution in [-0.4, -0.2) is 25.5 Å². The highest BCUT2D eigenvalue weighted by atomic mass is 79.9. The van der Waals surface area contributed by atoms with E-state index in [2.05, 4.69) is 26.6 Å². The Labute approximate surface area is 149 Å².